The fourth-order valence-corrected chi connectivity index (χ4v) is 13.1. The fraction of sp³-hybridized carbons (Fsp3) is 0.130. The third-order valence-corrected chi connectivity index (χ3v) is 18.1. The van der Waals surface area contributed by atoms with E-state index >= 15 is 13.2 Å². The fourth-order valence-electron chi connectivity index (χ4n) is 13.1. The number of halogens is 30. The Kier molecular flexibility index (Phi) is 18.0. The van der Waals surface area contributed by atoms with Gasteiger partial charge >= 0.3 is 61.8 Å². The highest BCUT2D eigenvalue weighted by Crippen LogP contribution is 2.51. The molecule has 0 aliphatic heterocycles. The maximum absolute atomic E-state index is 15.4. The summed E-state index contributed by atoms with van der Waals surface area (Å²) in [6.07, 6.45) is -54.9. The minimum absolute atomic E-state index is 0.213. The molecule has 0 fully saturated rings. The molecule has 13 rings (SSSR count). The molecule has 0 aliphatic carbocycles. The molecule has 0 bridgehead atoms. The Morgan fingerprint density at radius 3 is 0.700 bits per heavy atom. The van der Waals surface area contributed by atoms with Crippen LogP contribution in [0.15, 0.2) is 200 Å². The van der Waals surface area contributed by atoms with Gasteiger partial charge < -0.3 is 9.13 Å². The number of benzene rings is 11. The number of alkyl halides is 30. The minimum atomic E-state index is -5.67. The van der Waals surface area contributed by atoms with Gasteiger partial charge in [-0.1, -0.05) is 48.5 Å². The molecule has 0 saturated carbocycles. The van der Waals surface area contributed by atoms with Gasteiger partial charge in [0.2, 0.25) is 0 Å². The van der Waals surface area contributed by atoms with Gasteiger partial charge in [-0.25, -0.2) is 0 Å². The molecule has 0 radical (unpaired) electrons. The van der Waals surface area contributed by atoms with Gasteiger partial charge in [-0.05, 0) is 207 Å². The Morgan fingerprint density at radius 2 is 0.445 bits per heavy atom. The van der Waals surface area contributed by atoms with Crippen LogP contribution < -0.4 is 0 Å². The van der Waals surface area contributed by atoms with E-state index in [0.29, 0.717) is 30.3 Å². The lowest BCUT2D eigenvalue weighted by atomic mass is 9.92. The van der Waals surface area contributed by atoms with E-state index in [1.165, 1.54) is 4.57 Å². The van der Waals surface area contributed by atoms with Crippen LogP contribution in [-0.4, -0.2) is 9.13 Å². The van der Waals surface area contributed by atoms with E-state index in [9.17, 15) is 124 Å². The predicted molar refractivity (Wildman–Crippen MR) is 342 cm³/mol. The van der Waals surface area contributed by atoms with Crippen LogP contribution in [0.5, 0.6) is 0 Å². The third-order valence-electron chi connectivity index (χ3n) is 18.1. The van der Waals surface area contributed by atoms with E-state index in [-0.39, 0.29) is 127 Å². The van der Waals surface area contributed by atoms with Crippen LogP contribution in [0.4, 0.5) is 132 Å². The molecule has 13 aromatic rings. The van der Waals surface area contributed by atoms with Crippen LogP contribution in [-0.2, 0) is 61.8 Å². The van der Waals surface area contributed by atoms with Crippen LogP contribution >= 0.6 is 0 Å². The maximum Gasteiger partial charge on any atom is 0.417 e. The topological polar surface area (TPSA) is 33.6 Å². The van der Waals surface area contributed by atoms with Crippen molar-refractivity contribution < 1.29 is 132 Å². The Balaban J connectivity index is 1.16. The SMILES string of the molecule is N#Cc1ccc(-c2ccc(-c3ccc(C(F)(F)F)cc3C(F)(F)F)cc2-n2c3ccc(-c4cc(C(F)(F)F)cc(C(F)(F)F)c4)cc3c3cc(-c4cc(C(F)(F)F)cc(C(F)(F)F)c4)ccc32)c(-n2c3ccc(-c4cc(C(F)(F)F)cc(C(F)(F)F)c4)cc3c3cc(-c4cc(C(F)(F)F)cc(C(F)(F)F)c4)ccc32)c1. The molecule has 2 aromatic heterocycles. The highest BCUT2D eigenvalue weighted by molar-refractivity contribution is 6.14. The van der Waals surface area contributed by atoms with Gasteiger partial charge in [-0.3, -0.25) is 0 Å². The second-order valence-electron chi connectivity index (χ2n) is 25.1. The molecule has 11 aromatic carbocycles. The Bertz CT molecular complexity index is 5560. The van der Waals surface area contributed by atoms with Crippen LogP contribution in [0.25, 0.3) is 122 Å². The van der Waals surface area contributed by atoms with Gasteiger partial charge in [-0.15, -0.1) is 0 Å². The first-order chi connectivity index (χ1) is 50.7. The first-order valence-electron chi connectivity index (χ1n) is 31.1. The largest absolute Gasteiger partial charge is 0.417 e. The number of aromatic nitrogens is 2. The van der Waals surface area contributed by atoms with E-state index < -0.39 is 179 Å². The molecule has 0 N–H and O–H groups in total. The highest BCUT2D eigenvalue weighted by atomic mass is 19.4. The van der Waals surface area contributed by atoms with Crippen LogP contribution in [0, 0.1) is 11.3 Å². The van der Waals surface area contributed by atoms with E-state index in [2.05, 4.69) is 0 Å². The standard InChI is InChI=1S/C77H33F30N3/c78-68(79,80)45-7-10-54(61(33-45)77(105,106)107)40-2-9-56(67(28-40)110-64-13-5-38(43-20-50(73(93,94)95)31-51(21-43)74(96,97)98)26-59(64)60-27-39(6-14-65(60)110)44-22-52(75(99,100)101)32-53(23-44)76(102,103)104)55-8-1-35(34-108)15-66(55)109-62-11-3-36(41-16-46(69(81,82)83)29-47(17-41)70(84,85)86)24-57(62)58-25-37(4-12-63(58)109)42-18-48(71(87,88)89)30-49(19-42)72(90,91)92/h1-33H. The first kappa shape index (κ1) is 76.6. The van der Waals surface area contributed by atoms with E-state index in [1.807, 2.05) is 6.07 Å². The normalized spacial score (nSPS) is 13.4. The molecular formula is C77H33F30N3. The van der Waals surface area contributed by atoms with Crippen molar-refractivity contribution in [2.45, 2.75) is 61.8 Å². The van der Waals surface area contributed by atoms with Crippen LogP contribution in [0.1, 0.15) is 61.2 Å². The quantitative estimate of drug-likeness (QED) is 0.140. The maximum atomic E-state index is 15.4. The lowest BCUT2D eigenvalue weighted by molar-refractivity contribution is -0.144. The first-order valence-corrected chi connectivity index (χ1v) is 31.1. The van der Waals surface area contributed by atoms with Gasteiger partial charge in [-0.2, -0.15) is 137 Å². The number of hydrogen-bond donors (Lipinski definition) is 0. The van der Waals surface area contributed by atoms with E-state index in [4.69, 9.17) is 0 Å². The molecular weight excluding hydrogens is 1540 g/mol. The van der Waals surface area contributed by atoms with Crippen molar-refractivity contribution in [1.82, 2.24) is 9.13 Å². The second-order valence-corrected chi connectivity index (χ2v) is 25.1. The smallest absolute Gasteiger partial charge is 0.309 e. The van der Waals surface area contributed by atoms with Crippen LogP contribution in [0.3, 0.4) is 0 Å². The zero-order chi connectivity index (χ0) is 80.2. The van der Waals surface area contributed by atoms with Crippen molar-refractivity contribution in [2.75, 3.05) is 0 Å². The third kappa shape index (κ3) is 14.6. The van der Waals surface area contributed by atoms with E-state index in [1.54, 1.807) is 0 Å². The summed E-state index contributed by atoms with van der Waals surface area (Å²) in [5, 5.41) is 9.27. The second kappa shape index (κ2) is 25.8. The zero-order valence-electron chi connectivity index (χ0n) is 53.7. The molecule has 566 valence electrons. The molecule has 0 spiro atoms. The van der Waals surface area contributed by atoms with Crippen LogP contribution in [0.2, 0.25) is 0 Å². The number of nitrogens with zero attached hydrogens (tertiary/aromatic N) is 3. The monoisotopic (exact) mass is 1570 g/mol. The molecule has 2 heterocycles. The Morgan fingerprint density at radius 1 is 0.200 bits per heavy atom. The van der Waals surface area contributed by atoms with Crippen molar-refractivity contribution in [1.29, 1.82) is 5.26 Å². The average molecular weight is 1570 g/mol. The summed E-state index contributed by atoms with van der Waals surface area (Å²) < 4.78 is 439. The number of fused-ring (bicyclic) bond motifs is 6. The van der Waals surface area contributed by atoms with Gasteiger partial charge in [0.05, 0.1) is 101 Å². The molecule has 0 atom stereocenters. The molecule has 0 aliphatic rings. The summed E-state index contributed by atoms with van der Waals surface area (Å²) in [6, 6.07) is 21.5. The zero-order valence-corrected chi connectivity index (χ0v) is 53.7. The lowest BCUT2D eigenvalue weighted by Crippen LogP contribution is -2.12. The van der Waals surface area contributed by atoms with Crippen molar-refractivity contribution in [3.63, 3.8) is 0 Å². The summed E-state index contributed by atoms with van der Waals surface area (Å²) in [6.45, 7) is 0. The summed E-state index contributed by atoms with van der Waals surface area (Å²) >= 11 is 0. The molecule has 0 unspecified atom stereocenters. The predicted octanol–water partition coefficient (Wildman–Crippen LogP) is 27.9. The summed E-state index contributed by atoms with van der Waals surface area (Å²) in [5.74, 6) is 0. The average Bonchev–Trinajstić information content (AvgIpc) is 1.55. The van der Waals surface area contributed by atoms with Crippen molar-refractivity contribution >= 4 is 43.6 Å². The number of nitriles is 1. The van der Waals surface area contributed by atoms with Gasteiger partial charge in [0.25, 0.3) is 0 Å². The van der Waals surface area contributed by atoms with Crippen molar-refractivity contribution in [2.24, 2.45) is 0 Å². The van der Waals surface area contributed by atoms with Crippen molar-refractivity contribution in [3.05, 3.63) is 261 Å². The molecule has 0 saturated heterocycles. The summed E-state index contributed by atoms with van der Waals surface area (Å²) in [7, 11) is 0. The van der Waals surface area contributed by atoms with Gasteiger partial charge in [0, 0.05) is 32.7 Å². The Hall–Kier alpha value is -11.6. The van der Waals surface area contributed by atoms with Gasteiger partial charge in [0.1, 0.15) is 0 Å². The Labute approximate surface area is 595 Å². The highest BCUT2D eigenvalue weighted by Gasteiger charge is 2.44. The number of rotatable bonds is 8. The molecule has 110 heavy (non-hydrogen) atoms. The summed E-state index contributed by atoms with van der Waals surface area (Å²) in [5.41, 5.74) is -28.5. The molecule has 33 heteroatoms. The number of hydrogen-bond acceptors (Lipinski definition) is 1. The lowest BCUT2D eigenvalue weighted by Gasteiger charge is -2.21. The molecule has 0 amide bonds. The van der Waals surface area contributed by atoms with Crippen molar-refractivity contribution in [3.8, 4) is 84.2 Å². The van der Waals surface area contributed by atoms with E-state index in [0.717, 1.165) is 114 Å². The minimum Gasteiger partial charge on any atom is -0.309 e. The summed E-state index contributed by atoms with van der Waals surface area (Å²) in [4.78, 5) is 0. The molecule has 3 nitrogen and oxygen atoms in total. The van der Waals surface area contributed by atoms with Gasteiger partial charge in [0.15, 0.2) is 0 Å².